The van der Waals surface area contributed by atoms with Crippen molar-refractivity contribution in [2.75, 3.05) is 31.5 Å². The summed E-state index contributed by atoms with van der Waals surface area (Å²) in [7, 11) is 3.07. The highest BCUT2D eigenvalue weighted by Crippen LogP contribution is 2.19. The zero-order valence-electron chi connectivity index (χ0n) is 19.6. The van der Waals surface area contributed by atoms with E-state index >= 15 is 0 Å². The highest BCUT2D eigenvalue weighted by atomic mass is 16.5. The molecule has 3 aromatic carbocycles. The molecule has 0 radical (unpaired) electrons. The van der Waals surface area contributed by atoms with Crippen LogP contribution >= 0.6 is 0 Å². The predicted molar refractivity (Wildman–Crippen MR) is 130 cm³/mol. The molecule has 3 aromatic rings. The van der Waals surface area contributed by atoms with Gasteiger partial charge in [0.2, 0.25) is 0 Å². The first kappa shape index (κ1) is 25.1. The van der Waals surface area contributed by atoms with Gasteiger partial charge in [-0.25, -0.2) is 4.79 Å². The van der Waals surface area contributed by atoms with E-state index in [-0.39, 0.29) is 18.1 Å². The lowest BCUT2D eigenvalue weighted by atomic mass is 10.2. The van der Waals surface area contributed by atoms with Crippen molar-refractivity contribution in [1.29, 1.82) is 0 Å². The Morgan fingerprint density at radius 1 is 0.771 bits per heavy atom. The number of benzene rings is 3. The van der Waals surface area contributed by atoms with E-state index in [4.69, 9.17) is 18.9 Å². The number of hydrogen-bond donors (Lipinski definition) is 2. The number of carbonyl (C=O) groups is 3. The number of anilines is 2. The molecule has 35 heavy (non-hydrogen) atoms. The molecule has 0 spiro atoms. The molecule has 1 atom stereocenters. The van der Waals surface area contributed by atoms with Crippen LogP contribution in [0.1, 0.15) is 17.3 Å². The smallest absolute Gasteiger partial charge is 0.338 e. The van der Waals surface area contributed by atoms with Gasteiger partial charge in [0.25, 0.3) is 11.8 Å². The first-order valence-electron chi connectivity index (χ1n) is 10.7. The molecule has 0 heterocycles. The van der Waals surface area contributed by atoms with Crippen LogP contribution in [0, 0.1) is 0 Å². The van der Waals surface area contributed by atoms with Gasteiger partial charge in [-0.3, -0.25) is 9.59 Å². The summed E-state index contributed by atoms with van der Waals surface area (Å²) in [5.41, 5.74) is 1.34. The van der Waals surface area contributed by atoms with E-state index < -0.39 is 18.0 Å². The number of hydrogen-bond acceptors (Lipinski definition) is 7. The molecule has 0 saturated carbocycles. The molecule has 3 rings (SSSR count). The fourth-order valence-electron chi connectivity index (χ4n) is 2.96. The summed E-state index contributed by atoms with van der Waals surface area (Å²) in [6, 6.07) is 19.9. The summed E-state index contributed by atoms with van der Waals surface area (Å²) >= 11 is 0. The van der Waals surface area contributed by atoms with Crippen molar-refractivity contribution < 1.29 is 33.3 Å². The van der Waals surface area contributed by atoms with Gasteiger partial charge in [-0.2, -0.15) is 0 Å². The highest BCUT2D eigenvalue weighted by Gasteiger charge is 2.19. The SMILES string of the molecule is COc1cccc(NC(=O)COc2ccc(C(=O)OC(C)C(=O)Nc3cccc(OC)c3)cc2)c1. The monoisotopic (exact) mass is 478 g/mol. The van der Waals surface area contributed by atoms with Gasteiger partial charge in [0.15, 0.2) is 12.7 Å². The summed E-state index contributed by atoms with van der Waals surface area (Å²) in [6.07, 6.45) is -1.02. The van der Waals surface area contributed by atoms with E-state index in [0.29, 0.717) is 28.6 Å². The molecule has 0 saturated heterocycles. The number of nitrogens with one attached hydrogen (secondary N) is 2. The Kier molecular flexibility index (Phi) is 8.66. The Hall–Kier alpha value is -4.53. The molecule has 9 heteroatoms. The number of methoxy groups -OCH3 is 2. The Balaban J connectivity index is 1.47. The van der Waals surface area contributed by atoms with Crippen LogP contribution in [0.4, 0.5) is 11.4 Å². The zero-order chi connectivity index (χ0) is 25.2. The number of ether oxygens (including phenoxy) is 4. The second kappa shape index (κ2) is 12.1. The van der Waals surface area contributed by atoms with E-state index in [1.807, 2.05) is 0 Å². The second-order valence-corrected chi connectivity index (χ2v) is 7.36. The molecule has 1 unspecified atom stereocenters. The molecular formula is C26H26N2O7. The van der Waals surface area contributed by atoms with Crippen LogP contribution in [-0.2, 0) is 14.3 Å². The third kappa shape index (κ3) is 7.50. The lowest BCUT2D eigenvalue weighted by molar-refractivity contribution is -0.123. The van der Waals surface area contributed by atoms with Crippen molar-refractivity contribution in [3.8, 4) is 17.2 Å². The molecule has 0 aliphatic heterocycles. The van der Waals surface area contributed by atoms with Crippen molar-refractivity contribution in [3.05, 3.63) is 78.4 Å². The second-order valence-electron chi connectivity index (χ2n) is 7.36. The van der Waals surface area contributed by atoms with Gasteiger partial charge in [0.1, 0.15) is 17.2 Å². The third-order valence-corrected chi connectivity index (χ3v) is 4.80. The van der Waals surface area contributed by atoms with Crippen LogP contribution in [0.2, 0.25) is 0 Å². The zero-order valence-corrected chi connectivity index (χ0v) is 19.6. The summed E-state index contributed by atoms with van der Waals surface area (Å²) in [6.45, 7) is 1.26. The number of carbonyl (C=O) groups excluding carboxylic acids is 3. The molecule has 0 fully saturated rings. The van der Waals surface area contributed by atoms with Gasteiger partial charge >= 0.3 is 5.97 Å². The van der Waals surface area contributed by atoms with E-state index in [9.17, 15) is 14.4 Å². The average Bonchev–Trinajstić information content (AvgIpc) is 2.87. The maximum absolute atomic E-state index is 12.4. The highest BCUT2D eigenvalue weighted by molar-refractivity contribution is 5.97. The summed E-state index contributed by atoms with van der Waals surface area (Å²) < 4.78 is 21.0. The molecule has 2 N–H and O–H groups in total. The van der Waals surface area contributed by atoms with Crippen LogP contribution in [0.25, 0.3) is 0 Å². The van der Waals surface area contributed by atoms with E-state index in [1.165, 1.54) is 38.3 Å². The van der Waals surface area contributed by atoms with E-state index in [0.717, 1.165) is 0 Å². The first-order chi connectivity index (χ1) is 16.9. The summed E-state index contributed by atoms with van der Waals surface area (Å²) in [5, 5.41) is 5.38. The Morgan fingerprint density at radius 2 is 1.34 bits per heavy atom. The fraction of sp³-hybridized carbons (Fsp3) is 0.192. The molecule has 2 amide bonds. The van der Waals surface area contributed by atoms with Gasteiger partial charge in [-0.15, -0.1) is 0 Å². The molecule has 0 bridgehead atoms. The normalized spacial score (nSPS) is 11.1. The topological polar surface area (TPSA) is 112 Å². The molecule has 182 valence electrons. The number of amides is 2. The van der Waals surface area contributed by atoms with Crippen molar-refractivity contribution in [2.24, 2.45) is 0 Å². The van der Waals surface area contributed by atoms with Crippen LogP contribution < -0.4 is 24.8 Å². The lowest BCUT2D eigenvalue weighted by Gasteiger charge is -2.14. The summed E-state index contributed by atoms with van der Waals surface area (Å²) in [5.74, 6) is 0.115. The van der Waals surface area contributed by atoms with Crippen LogP contribution in [0.5, 0.6) is 17.2 Å². The fourth-order valence-corrected chi connectivity index (χ4v) is 2.96. The first-order valence-corrected chi connectivity index (χ1v) is 10.7. The van der Waals surface area contributed by atoms with Crippen LogP contribution in [0.15, 0.2) is 72.8 Å². The van der Waals surface area contributed by atoms with Crippen LogP contribution in [0.3, 0.4) is 0 Å². The predicted octanol–water partition coefficient (Wildman–Crippen LogP) is 3.91. The summed E-state index contributed by atoms with van der Waals surface area (Å²) in [4.78, 5) is 36.9. The lowest BCUT2D eigenvalue weighted by Crippen LogP contribution is -2.30. The number of esters is 1. The molecule has 9 nitrogen and oxygen atoms in total. The van der Waals surface area contributed by atoms with Crippen molar-refractivity contribution in [2.45, 2.75) is 13.0 Å². The van der Waals surface area contributed by atoms with E-state index in [1.54, 1.807) is 55.6 Å². The van der Waals surface area contributed by atoms with Gasteiger partial charge < -0.3 is 29.6 Å². The molecule has 0 aliphatic rings. The van der Waals surface area contributed by atoms with Gasteiger partial charge in [0, 0.05) is 23.5 Å². The van der Waals surface area contributed by atoms with Gasteiger partial charge in [-0.1, -0.05) is 12.1 Å². The standard InChI is InChI=1S/C26H26N2O7/c1-17(25(30)28-20-7-5-9-23(15-20)33-3)35-26(31)18-10-12-21(13-11-18)34-16-24(29)27-19-6-4-8-22(14-19)32-2/h4-15,17H,16H2,1-3H3,(H,27,29)(H,28,30). The third-order valence-electron chi connectivity index (χ3n) is 4.80. The van der Waals surface area contributed by atoms with Crippen LogP contribution in [-0.4, -0.2) is 44.7 Å². The quantitative estimate of drug-likeness (QED) is 0.425. The maximum Gasteiger partial charge on any atom is 0.338 e. The molecular weight excluding hydrogens is 452 g/mol. The number of rotatable bonds is 10. The Morgan fingerprint density at radius 3 is 1.91 bits per heavy atom. The minimum Gasteiger partial charge on any atom is -0.497 e. The van der Waals surface area contributed by atoms with Crippen molar-refractivity contribution in [3.63, 3.8) is 0 Å². The average molecular weight is 479 g/mol. The van der Waals surface area contributed by atoms with Gasteiger partial charge in [0.05, 0.1) is 19.8 Å². The maximum atomic E-state index is 12.4. The van der Waals surface area contributed by atoms with E-state index in [2.05, 4.69) is 10.6 Å². The Labute approximate surface area is 203 Å². The minimum atomic E-state index is -1.02. The van der Waals surface area contributed by atoms with Gasteiger partial charge in [-0.05, 0) is 55.5 Å². The van der Waals surface area contributed by atoms with Crippen molar-refractivity contribution in [1.82, 2.24) is 0 Å². The van der Waals surface area contributed by atoms with Crippen molar-refractivity contribution >= 4 is 29.2 Å². The molecule has 0 aromatic heterocycles. The molecule has 0 aliphatic carbocycles. The Bertz CT molecular complexity index is 1180. The largest absolute Gasteiger partial charge is 0.497 e. The minimum absolute atomic E-state index is 0.220.